The standard InChI is InChI=1S/C16H12ClNO2/c1-10-6-7-14-12(8-10)15(19)16(20)18(14)9-11-4-2-3-5-13(11)17/h2-8H,9H2,1H3. The highest BCUT2D eigenvalue weighted by molar-refractivity contribution is 6.52. The molecule has 3 nitrogen and oxygen atoms in total. The minimum atomic E-state index is -0.495. The number of benzene rings is 2. The number of Topliss-reactive ketones (excluding diaryl/α,β-unsaturated/α-hetero) is 1. The lowest BCUT2D eigenvalue weighted by Crippen LogP contribution is -2.29. The highest BCUT2D eigenvalue weighted by Gasteiger charge is 2.35. The number of halogens is 1. The Kier molecular flexibility index (Phi) is 3.07. The first kappa shape index (κ1) is 12.9. The van der Waals surface area contributed by atoms with E-state index in [-0.39, 0.29) is 0 Å². The molecule has 0 atom stereocenters. The molecule has 2 aromatic carbocycles. The monoisotopic (exact) mass is 285 g/mol. The van der Waals surface area contributed by atoms with E-state index < -0.39 is 11.7 Å². The van der Waals surface area contributed by atoms with Crippen molar-refractivity contribution in [3.63, 3.8) is 0 Å². The Balaban J connectivity index is 2.02. The van der Waals surface area contributed by atoms with Crippen molar-refractivity contribution < 1.29 is 9.59 Å². The molecule has 0 aliphatic carbocycles. The summed E-state index contributed by atoms with van der Waals surface area (Å²) in [7, 11) is 0. The second-order valence-electron chi connectivity index (χ2n) is 4.83. The topological polar surface area (TPSA) is 37.4 Å². The van der Waals surface area contributed by atoms with Crippen LogP contribution in [0.4, 0.5) is 5.69 Å². The third kappa shape index (κ3) is 2.00. The van der Waals surface area contributed by atoms with E-state index in [1.165, 1.54) is 4.90 Å². The number of carbonyl (C=O) groups excluding carboxylic acids is 2. The van der Waals surface area contributed by atoms with Gasteiger partial charge < -0.3 is 4.90 Å². The van der Waals surface area contributed by atoms with Crippen molar-refractivity contribution in [2.24, 2.45) is 0 Å². The van der Waals surface area contributed by atoms with Crippen molar-refractivity contribution in [1.29, 1.82) is 0 Å². The van der Waals surface area contributed by atoms with Crippen LogP contribution in [0.15, 0.2) is 42.5 Å². The van der Waals surface area contributed by atoms with Crippen LogP contribution in [0.3, 0.4) is 0 Å². The van der Waals surface area contributed by atoms with E-state index in [4.69, 9.17) is 11.6 Å². The molecule has 1 aliphatic rings. The minimum absolute atomic E-state index is 0.306. The van der Waals surface area contributed by atoms with Gasteiger partial charge >= 0.3 is 0 Å². The molecule has 0 aromatic heterocycles. The van der Waals surface area contributed by atoms with E-state index in [1.807, 2.05) is 37.3 Å². The summed E-state index contributed by atoms with van der Waals surface area (Å²) in [4.78, 5) is 25.6. The number of anilines is 1. The number of hydrogen-bond acceptors (Lipinski definition) is 2. The fourth-order valence-corrected chi connectivity index (χ4v) is 2.56. The van der Waals surface area contributed by atoms with Crippen molar-refractivity contribution in [2.75, 3.05) is 4.90 Å². The SMILES string of the molecule is Cc1ccc2c(c1)C(=O)C(=O)N2Cc1ccccc1Cl. The van der Waals surface area contributed by atoms with Crippen LogP contribution in [0.1, 0.15) is 21.5 Å². The smallest absolute Gasteiger partial charge is 0.299 e. The third-order valence-electron chi connectivity index (χ3n) is 3.41. The average Bonchev–Trinajstić information content (AvgIpc) is 2.66. The summed E-state index contributed by atoms with van der Waals surface area (Å²) < 4.78 is 0. The lowest BCUT2D eigenvalue weighted by atomic mass is 10.1. The largest absolute Gasteiger partial charge is 0.300 e. The molecular formula is C16H12ClNO2. The van der Waals surface area contributed by atoms with Gasteiger partial charge in [-0.15, -0.1) is 0 Å². The van der Waals surface area contributed by atoms with Crippen LogP contribution in [0.2, 0.25) is 5.02 Å². The van der Waals surface area contributed by atoms with Gasteiger partial charge in [-0.3, -0.25) is 9.59 Å². The molecular weight excluding hydrogens is 274 g/mol. The Morgan fingerprint density at radius 1 is 1.10 bits per heavy atom. The lowest BCUT2D eigenvalue weighted by Gasteiger charge is -2.17. The minimum Gasteiger partial charge on any atom is -0.300 e. The van der Waals surface area contributed by atoms with Gasteiger partial charge in [-0.25, -0.2) is 0 Å². The number of carbonyl (C=O) groups is 2. The zero-order chi connectivity index (χ0) is 14.3. The van der Waals surface area contributed by atoms with Gasteiger partial charge in [0.15, 0.2) is 0 Å². The highest BCUT2D eigenvalue weighted by Crippen LogP contribution is 2.32. The number of hydrogen-bond donors (Lipinski definition) is 0. The fraction of sp³-hybridized carbons (Fsp3) is 0.125. The van der Waals surface area contributed by atoms with Gasteiger partial charge in [0.1, 0.15) is 0 Å². The average molecular weight is 286 g/mol. The van der Waals surface area contributed by atoms with Crippen LogP contribution in [-0.2, 0) is 11.3 Å². The predicted molar refractivity (Wildman–Crippen MR) is 78.2 cm³/mol. The maximum absolute atomic E-state index is 12.1. The number of nitrogens with zero attached hydrogens (tertiary/aromatic N) is 1. The van der Waals surface area contributed by atoms with Gasteiger partial charge in [-0.2, -0.15) is 0 Å². The van der Waals surface area contributed by atoms with Gasteiger partial charge in [0, 0.05) is 5.02 Å². The van der Waals surface area contributed by atoms with E-state index in [0.717, 1.165) is 11.1 Å². The van der Waals surface area contributed by atoms with Crippen LogP contribution >= 0.6 is 11.6 Å². The third-order valence-corrected chi connectivity index (χ3v) is 3.78. The Hall–Kier alpha value is -2.13. The summed E-state index contributed by atoms with van der Waals surface area (Å²) in [6, 6.07) is 12.8. The Morgan fingerprint density at radius 3 is 2.60 bits per heavy atom. The number of rotatable bonds is 2. The molecule has 1 amide bonds. The van der Waals surface area contributed by atoms with Gasteiger partial charge in [-0.1, -0.05) is 41.4 Å². The second kappa shape index (κ2) is 4.76. The predicted octanol–water partition coefficient (Wildman–Crippen LogP) is 3.38. The molecule has 1 heterocycles. The molecule has 0 N–H and O–H groups in total. The number of aryl methyl sites for hydroxylation is 1. The quantitative estimate of drug-likeness (QED) is 0.793. The van der Waals surface area contributed by atoms with E-state index in [1.54, 1.807) is 12.1 Å². The van der Waals surface area contributed by atoms with Crippen LogP contribution in [-0.4, -0.2) is 11.7 Å². The first-order chi connectivity index (χ1) is 9.58. The van der Waals surface area contributed by atoms with Gasteiger partial charge in [0.05, 0.1) is 17.8 Å². The Morgan fingerprint density at radius 2 is 1.85 bits per heavy atom. The Labute approximate surface area is 121 Å². The molecule has 0 radical (unpaired) electrons. The summed E-state index contributed by atoms with van der Waals surface area (Å²) in [6.45, 7) is 2.20. The summed E-state index contributed by atoms with van der Waals surface area (Å²) in [6.07, 6.45) is 0. The number of fused-ring (bicyclic) bond motifs is 1. The molecule has 20 heavy (non-hydrogen) atoms. The van der Waals surface area contributed by atoms with E-state index >= 15 is 0 Å². The fourth-order valence-electron chi connectivity index (χ4n) is 2.37. The zero-order valence-corrected chi connectivity index (χ0v) is 11.6. The highest BCUT2D eigenvalue weighted by atomic mass is 35.5. The first-order valence-electron chi connectivity index (χ1n) is 6.28. The molecule has 0 fully saturated rings. The zero-order valence-electron chi connectivity index (χ0n) is 10.9. The van der Waals surface area contributed by atoms with E-state index in [2.05, 4.69) is 0 Å². The maximum atomic E-state index is 12.1. The molecule has 0 saturated carbocycles. The van der Waals surface area contributed by atoms with Crippen molar-refractivity contribution in [2.45, 2.75) is 13.5 Å². The summed E-state index contributed by atoms with van der Waals surface area (Å²) in [5.74, 6) is -0.943. The second-order valence-corrected chi connectivity index (χ2v) is 5.24. The number of amides is 1. The van der Waals surface area contributed by atoms with Crippen LogP contribution < -0.4 is 4.90 Å². The van der Waals surface area contributed by atoms with Crippen LogP contribution in [0.25, 0.3) is 0 Å². The molecule has 0 unspecified atom stereocenters. The van der Waals surface area contributed by atoms with Crippen molar-refractivity contribution in [3.8, 4) is 0 Å². The molecule has 0 bridgehead atoms. The molecule has 3 rings (SSSR count). The lowest BCUT2D eigenvalue weighted by molar-refractivity contribution is -0.114. The van der Waals surface area contributed by atoms with Gasteiger partial charge in [0.2, 0.25) is 0 Å². The summed E-state index contributed by atoms with van der Waals surface area (Å²) in [5, 5.41) is 0.591. The molecule has 4 heteroatoms. The van der Waals surface area contributed by atoms with Crippen molar-refractivity contribution in [3.05, 3.63) is 64.2 Å². The van der Waals surface area contributed by atoms with Crippen molar-refractivity contribution >= 4 is 29.0 Å². The molecule has 0 spiro atoms. The molecule has 2 aromatic rings. The maximum Gasteiger partial charge on any atom is 0.299 e. The van der Waals surface area contributed by atoms with Gasteiger partial charge in [0.25, 0.3) is 11.7 Å². The van der Waals surface area contributed by atoms with Crippen LogP contribution in [0.5, 0.6) is 0 Å². The number of ketones is 1. The Bertz CT molecular complexity index is 724. The molecule has 1 aliphatic heterocycles. The van der Waals surface area contributed by atoms with Crippen LogP contribution in [0, 0.1) is 6.92 Å². The van der Waals surface area contributed by atoms with Gasteiger partial charge in [-0.05, 0) is 30.7 Å². The van der Waals surface area contributed by atoms with Crippen molar-refractivity contribution in [1.82, 2.24) is 0 Å². The molecule has 0 saturated heterocycles. The molecule has 100 valence electrons. The summed E-state index contributed by atoms with van der Waals surface area (Å²) >= 11 is 6.12. The first-order valence-corrected chi connectivity index (χ1v) is 6.66. The van der Waals surface area contributed by atoms with E-state index in [9.17, 15) is 9.59 Å². The normalized spacial score (nSPS) is 13.8. The summed E-state index contributed by atoms with van der Waals surface area (Å²) in [5.41, 5.74) is 2.92. The van der Waals surface area contributed by atoms with E-state index in [0.29, 0.717) is 22.8 Å².